The third-order valence-corrected chi connectivity index (χ3v) is 5.67. The number of benzene rings is 1. The van der Waals surface area contributed by atoms with E-state index >= 15 is 0 Å². The van der Waals surface area contributed by atoms with Crippen molar-refractivity contribution in [3.8, 4) is 5.75 Å². The van der Waals surface area contributed by atoms with Gasteiger partial charge in [0.1, 0.15) is 11.0 Å². The normalized spacial score (nSPS) is 26.1. The highest BCUT2D eigenvalue weighted by Crippen LogP contribution is 2.41. The summed E-state index contributed by atoms with van der Waals surface area (Å²) in [4.78, 5) is 16.9. The van der Waals surface area contributed by atoms with Crippen LogP contribution in [-0.2, 0) is 4.79 Å². The number of thioether (sulfide) groups is 1. The standard InChI is InChI=1S/C12H12N2O2S3/c1-16-8-4-2-7(3-5-8)9-10(17)11(15)14-12(13-9)18-6-19-14/h2-5,9-10,17H,6H2,1H3/t9-,10+/m1/s1. The lowest BCUT2D eigenvalue weighted by Crippen LogP contribution is -2.40. The summed E-state index contributed by atoms with van der Waals surface area (Å²) in [5.74, 6) is 0.811. The summed E-state index contributed by atoms with van der Waals surface area (Å²) >= 11 is 7.53. The number of thiol groups is 1. The first-order valence-corrected chi connectivity index (χ1v) is 8.14. The zero-order valence-corrected chi connectivity index (χ0v) is 12.7. The van der Waals surface area contributed by atoms with E-state index in [4.69, 9.17) is 4.74 Å². The van der Waals surface area contributed by atoms with Crippen LogP contribution in [0.5, 0.6) is 5.75 Å². The number of amides is 1. The van der Waals surface area contributed by atoms with Gasteiger partial charge in [0.25, 0.3) is 5.91 Å². The van der Waals surface area contributed by atoms with E-state index < -0.39 is 5.25 Å². The van der Waals surface area contributed by atoms with Gasteiger partial charge in [0, 0.05) is 0 Å². The lowest BCUT2D eigenvalue weighted by atomic mass is 10.0. The summed E-state index contributed by atoms with van der Waals surface area (Å²) in [6.07, 6.45) is 0. The second-order valence-corrected chi connectivity index (χ2v) is 6.87. The fourth-order valence-electron chi connectivity index (χ4n) is 2.00. The number of fused-ring (bicyclic) bond motifs is 1. The monoisotopic (exact) mass is 312 g/mol. The molecule has 0 N–H and O–H groups in total. The average molecular weight is 312 g/mol. The molecule has 2 aliphatic heterocycles. The van der Waals surface area contributed by atoms with Crippen molar-refractivity contribution in [3.05, 3.63) is 29.8 Å². The number of amidine groups is 1. The zero-order chi connectivity index (χ0) is 13.4. The number of ether oxygens (including phenoxy) is 1. The molecule has 2 aliphatic rings. The van der Waals surface area contributed by atoms with E-state index in [9.17, 15) is 4.79 Å². The van der Waals surface area contributed by atoms with Crippen LogP contribution in [0.3, 0.4) is 0 Å². The summed E-state index contributed by atoms with van der Waals surface area (Å²) in [5.41, 5.74) is 0.985. The van der Waals surface area contributed by atoms with Crippen molar-refractivity contribution < 1.29 is 9.53 Å². The summed E-state index contributed by atoms with van der Waals surface area (Å²) in [6, 6.07) is 7.41. The summed E-state index contributed by atoms with van der Waals surface area (Å²) in [6.45, 7) is 0. The molecule has 1 aromatic rings. The van der Waals surface area contributed by atoms with Crippen LogP contribution in [0.25, 0.3) is 0 Å². The molecule has 19 heavy (non-hydrogen) atoms. The molecule has 0 saturated carbocycles. The van der Waals surface area contributed by atoms with Crippen molar-refractivity contribution in [1.29, 1.82) is 0 Å². The summed E-state index contributed by atoms with van der Waals surface area (Å²) in [5, 5.41) is 1.20. The van der Waals surface area contributed by atoms with Gasteiger partial charge in [0.15, 0.2) is 5.17 Å². The maximum atomic E-state index is 12.2. The highest BCUT2D eigenvalue weighted by atomic mass is 32.2. The molecule has 1 aromatic carbocycles. The molecule has 0 radical (unpaired) electrons. The number of methoxy groups -OCH3 is 1. The zero-order valence-electron chi connectivity index (χ0n) is 10.1. The highest BCUT2D eigenvalue weighted by molar-refractivity contribution is 8.28. The molecular weight excluding hydrogens is 300 g/mol. The van der Waals surface area contributed by atoms with Crippen molar-refractivity contribution in [2.45, 2.75) is 11.3 Å². The van der Waals surface area contributed by atoms with Gasteiger partial charge in [-0.3, -0.25) is 9.79 Å². The van der Waals surface area contributed by atoms with E-state index in [1.807, 2.05) is 24.3 Å². The molecule has 0 aromatic heterocycles. The molecule has 1 fully saturated rings. The van der Waals surface area contributed by atoms with Crippen LogP contribution in [0.15, 0.2) is 29.3 Å². The second-order valence-electron chi connectivity index (χ2n) is 4.10. The third-order valence-electron chi connectivity index (χ3n) is 3.00. The van der Waals surface area contributed by atoms with E-state index in [1.165, 1.54) is 11.9 Å². The van der Waals surface area contributed by atoms with Crippen molar-refractivity contribution in [1.82, 2.24) is 4.31 Å². The Morgan fingerprint density at radius 1 is 1.42 bits per heavy atom. The molecule has 2 heterocycles. The maximum Gasteiger partial charge on any atom is 0.254 e. The highest BCUT2D eigenvalue weighted by Gasteiger charge is 2.40. The number of hydrogen-bond donors (Lipinski definition) is 1. The Morgan fingerprint density at radius 2 is 2.16 bits per heavy atom. The fraction of sp³-hybridized carbons (Fsp3) is 0.333. The van der Waals surface area contributed by atoms with Crippen LogP contribution < -0.4 is 4.74 Å². The second kappa shape index (κ2) is 5.30. The van der Waals surface area contributed by atoms with Gasteiger partial charge >= 0.3 is 0 Å². The van der Waals surface area contributed by atoms with Gasteiger partial charge < -0.3 is 4.74 Å². The van der Waals surface area contributed by atoms with Crippen molar-refractivity contribution in [2.75, 3.05) is 12.2 Å². The average Bonchev–Trinajstić information content (AvgIpc) is 2.91. The van der Waals surface area contributed by atoms with E-state index in [0.29, 0.717) is 0 Å². The molecule has 0 bridgehead atoms. The van der Waals surface area contributed by atoms with Crippen LogP contribution in [0.2, 0.25) is 0 Å². The van der Waals surface area contributed by atoms with Gasteiger partial charge in [-0.2, -0.15) is 12.6 Å². The van der Waals surface area contributed by atoms with Crippen molar-refractivity contribution >= 4 is 47.4 Å². The first-order chi connectivity index (χ1) is 9.20. The predicted octanol–water partition coefficient (Wildman–Crippen LogP) is 2.59. The Bertz CT molecular complexity index is 532. The minimum absolute atomic E-state index is 0.0177. The van der Waals surface area contributed by atoms with Crippen LogP contribution >= 0.6 is 36.3 Å². The van der Waals surface area contributed by atoms with Gasteiger partial charge in [0.2, 0.25) is 0 Å². The van der Waals surface area contributed by atoms with Crippen LogP contribution in [0.1, 0.15) is 11.6 Å². The Hall–Kier alpha value is -0.790. The number of rotatable bonds is 2. The molecule has 0 spiro atoms. The number of hydrogen-bond acceptors (Lipinski definition) is 6. The molecule has 100 valence electrons. The van der Waals surface area contributed by atoms with Gasteiger partial charge in [-0.25, -0.2) is 4.31 Å². The third kappa shape index (κ3) is 2.34. The smallest absolute Gasteiger partial charge is 0.254 e. The fourth-order valence-corrected chi connectivity index (χ4v) is 4.59. The summed E-state index contributed by atoms with van der Waals surface area (Å²) in [7, 11) is 1.63. The molecule has 2 atom stereocenters. The van der Waals surface area contributed by atoms with E-state index in [2.05, 4.69) is 17.6 Å². The van der Waals surface area contributed by atoms with Gasteiger partial charge in [-0.1, -0.05) is 23.9 Å². The molecule has 3 rings (SSSR count). The van der Waals surface area contributed by atoms with Crippen LogP contribution in [0, 0.1) is 0 Å². The lowest BCUT2D eigenvalue weighted by Gasteiger charge is -2.29. The van der Waals surface area contributed by atoms with E-state index in [-0.39, 0.29) is 11.9 Å². The SMILES string of the molecule is COc1ccc([C@H]2N=C3SCSN3C(=O)[C@H]2S)cc1. The Labute approximate surface area is 125 Å². The van der Waals surface area contributed by atoms with Gasteiger partial charge in [0.05, 0.1) is 18.2 Å². The minimum Gasteiger partial charge on any atom is -0.497 e. The largest absolute Gasteiger partial charge is 0.497 e. The molecule has 7 heteroatoms. The first-order valence-electron chi connectivity index (χ1n) is 5.70. The van der Waals surface area contributed by atoms with E-state index in [1.54, 1.807) is 23.2 Å². The molecule has 4 nitrogen and oxygen atoms in total. The Balaban J connectivity index is 1.94. The predicted molar refractivity (Wildman–Crippen MR) is 82.8 cm³/mol. The number of aliphatic imine (C=N–C) groups is 1. The molecule has 0 aliphatic carbocycles. The van der Waals surface area contributed by atoms with Crippen LogP contribution in [-0.4, -0.2) is 32.8 Å². The van der Waals surface area contributed by atoms with Gasteiger partial charge in [-0.15, -0.1) is 0 Å². The minimum atomic E-state index is -0.427. The topological polar surface area (TPSA) is 41.9 Å². The van der Waals surface area contributed by atoms with Crippen LogP contribution in [0.4, 0.5) is 0 Å². The van der Waals surface area contributed by atoms with Crippen molar-refractivity contribution in [2.24, 2.45) is 4.99 Å². The molecular formula is C12H12N2O2S3. The molecule has 1 amide bonds. The van der Waals surface area contributed by atoms with E-state index in [0.717, 1.165) is 21.6 Å². The molecule has 0 unspecified atom stereocenters. The Morgan fingerprint density at radius 3 is 2.84 bits per heavy atom. The Kier molecular flexibility index (Phi) is 3.68. The lowest BCUT2D eigenvalue weighted by molar-refractivity contribution is -0.123. The quantitative estimate of drug-likeness (QED) is 0.673. The number of carbonyl (C=O) groups is 1. The maximum absolute atomic E-state index is 12.2. The van der Waals surface area contributed by atoms with Gasteiger partial charge in [-0.05, 0) is 29.6 Å². The number of nitrogens with zero attached hydrogens (tertiary/aromatic N) is 2. The molecule has 1 saturated heterocycles. The first kappa shape index (κ1) is 13.2. The summed E-state index contributed by atoms with van der Waals surface area (Å²) < 4.78 is 6.79. The number of carbonyl (C=O) groups excluding carboxylic acids is 1. The van der Waals surface area contributed by atoms with Crippen molar-refractivity contribution in [3.63, 3.8) is 0 Å².